The molecule has 3 nitrogen and oxygen atoms in total. The molecule has 0 radical (unpaired) electrons. The fraction of sp³-hybridized carbons (Fsp3) is 0.900. The third-order valence-electron chi connectivity index (χ3n) is 2.84. The molecule has 2 unspecified atom stereocenters. The van der Waals surface area contributed by atoms with Gasteiger partial charge in [0.15, 0.2) is 0 Å². The lowest BCUT2D eigenvalue weighted by Gasteiger charge is -2.35. The molecule has 1 saturated carbocycles. The number of aliphatic hydroxyl groups excluding tert-OH is 1. The van der Waals surface area contributed by atoms with E-state index in [0.717, 1.165) is 25.0 Å². The molecule has 1 aliphatic carbocycles. The molecule has 1 fully saturated rings. The number of thioether (sulfide) groups is 1. The molecular formula is C10H18N2OS. The Hall–Kier alpha value is -0.240. The van der Waals surface area contributed by atoms with Crippen LogP contribution in [0.4, 0.5) is 0 Å². The highest BCUT2D eigenvalue weighted by molar-refractivity contribution is 7.99. The number of nitrogens with one attached hydrogen (secondary N) is 1. The lowest BCUT2D eigenvalue weighted by atomic mass is 9.83. The first-order chi connectivity index (χ1) is 6.76. The van der Waals surface area contributed by atoms with Crippen molar-refractivity contribution >= 4 is 11.8 Å². The first kappa shape index (κ1) is 11.8. The van der Waals surface area contributed by atoms with Crippen LogP contribution < -0.4 is 5.32 Å². The third-order valence-corrected chi connectivity index (χ3v) is 4.14. The highest BCUT2D eigenvalue weighted by Crippen LogP contribution is 2.34. The molecule has 0 saturated heterocycles. The zero-order chi connectivity index (χ0) is 10.4. The lowest BCUT2D eigenvalue weighted by molar-refractivity contribution is 0.315. The monoisotopic (exact) mass is 214 g/mol. The van der Waals surface area contributed by atoms with E-state index in [-0.39, 0.29) is 12.1 Å². The number of nitriles is 1. The van der Waals surface area contributed by atoms with E-state index in [1.807, 2.05) is 7.05 Å². The van der Waals surface area contributed by atoms with Gasteiger partial charge in [-0.3, -0.25) is 0 Å². The van der Waals surface area contributed by atoms with Crippen LogP contribution in [0.15, 0.2) is 0 Å². The first-order valence-corrected chi connectivity index (χ1v) is 6.14. The van der Waals surface area contributed by atoms with Crippen molar-refractivity contribution < 1.29 is 5.11 Å². The second kappa shape index (κ2) is 5.59. The van der Waals surface area contributed by atoms with Gasteiger partial charge in [-0.1, -0.05) is 0 Å². The van der Waals surface area contributed by atoms with Crippen molar-refractivity contribution in [2.75, 3.05) is 19.4 Å². The van der Waals surface area contributed by atoms with Gasteiger partial charge in [-0.25, -0.2) is 0 Å². The van der Waals surface area contributed by atoms with Gasteiger partial charge in [0.2, 0.25) is 0 Å². The molecule has 0 aromatic rings. The molecule has 2 N–H and O–H groups in total. The summed E-state index contributed by atoms with van der Waals surface area (Å²) in [5.41, 5.74) is -0.314. The van der Waals surface area contributed by atoms with Crippen LogP contribution in [0, 0.1) is 11.3 Å². The molecule has 1 aliphatic rings. The van der Waals surface area contributed by atoms with Gasteiger partial charge in [0.25, 0.3) is 0 Å². The van der Waals surface area contributed by atoms with Crippen molar-refractivity contribution in [3.8, 4) is 6.07 Å². The van der Waals surface area contributed by atoms with E-state index in [1.165, 1.54) is 6.42 Å². The molecular weight excluding hydrogens is 196 g/mol. The molecule has 14 heavy (non-hydrogen) atoms. The molecule has 0 heterocycles. The normalized spacial score (nSPS) is 32.5. The molecule has 80 valence electrons. The van der Waals surface area contributed by atoms with E-state index < -0.39 is 0 Å². The first-order valence-electron chi connectivity index (χ1n) is 5.09. The van der Waals surface area contributed by atoms with Crippen LogP contribution in [-0.4, -0.2) is 35.3 Å². The fourth-order valence-electron chi connectivity index (χ4n) is 1.97. The predicted molar refractivity (Wildman–Crippen MR) is 59.2 cm³/mol. The number of aliphatic hydroxyl groups is 1. The van der Waals surface area contributed by atoms with Crippen molar-refractivity contribution in [2.24, 2.45) is 0 Å². The predicted octanol–water partition coefficient (Wildman–Crippen LogP) is 1.14. The van der Waals surface area contributed by atoms with Crippen LogP contribution in [0.3, 0.4) is 0 Å². The third kappa shape index (κ3) is 2.88. The Morgan fingerprint density at radius 3 is 3.07 bits per heavy atom. The molecule has 0 aromatic heterocycles. The van der Waals surface area contributed by atoms with Gasteiger partial charge in [-0.2, -0.15) is 17.0 Å². The summed E-state index contributed by atoms with van der Waals surface area (Å²) in [5, 5.41) is 21.5. The van der Waals surface area contributed by atoms with Crippen molar-refractivity contribution in [3.63, 3.8) is 0 Å². The van der Waals surface area contributed by atoms with Crippen molar-refractivity contribution in [2.45, 2.75) is 36.5 Å². The highest BCUT2D eigenvalue weighted by atomic mass is 32.2. The maximum Gasteiger partial charge on any atom is 0.107 e. The average molecular weight is 214 g/mol. The van der Waals surface area contributed by atoms with Crippen molar-refractivity contribution in [1.82, 2.24) is 5.32 Å². The maximum atomic E-state index is 9.11. The Morgan fingerprint density at radius 1 is 1.71 bits per heavy atom. The van der Waals surface area contributed by atoms with Gasteiger partial charge in [0.1, 0.15) is 5.54 Å². The Kier molecular flexibility index (Phi) is 4.73. The van der Waals surface area contributed by atoms with E-state index >= 15 is 0 Å². The minimum absolute atomic E-state index is 0.236. The van der Waals surface area contributed by atoms with Gasteiger partial charge >= 0.3 is 0 Å². The van der Waals surface area contributed by atoms with Crippen LogP contribution in [0.2, 0.25) is 0 Å². The molecule has 0 aromatic carbocycles. The largest absolute Gasteiger partial charge is 0.396 e. The summed E-state index contributed by atoms with van der Waals surface area (Å²) in [7, 11) is 1.86. The van der Waals surface area contributed by atoms with Crippen LogP contribution >= 0.6 is 11.8 Å². The Labute approximate surface area is 89.9 Å². The zero-order valence-corrected chi connectivity index (χ0v) is 9.44. The molecule has 4 heteroatoms. The molecule has 0 aliphatic heterocycles. The summed E-state index contributed by atoms with van der Waals surface area (Å²) in [6, 6.07) is 2.39. The summed E-state index contributed by atoms with van der Waals surface area (Å²) in [4.78, 5) is 0. The van der Waals surface area contributed by atoms with Crippen LogP contribution in [0.25, 0.3) is 0 Å². The minimum atomic E-state index is -0.314. The minimum Gasteiger partial charge on any atom is -0.396 e. The van der Waals surface area contributed by atoms with Crippen molar-refractivity contribution in [1.29, 1.82) is 5.26 Å². The number of nitrogens with zero attached hydrogens (tertiary/aromatic N) is 1. The summed E-state index contributed by atoms with van der Waals surface area (Å²) in [5.74, 6) is 0.788. The second-order valence-electron chi connectivity index (χ2n) is 3.76. The lowest BCUT2D eigenvalue weighted by Crippen LogP contribution is -2.46. The summed E-state index contributed by atoms with van der Waals surface area (Å²) >= 11 is 1.79. The number of rotatable bonds is 4. The Balaban J connectivity index is 2.46. The van der Waals surface area contributed by atoms with E-state index in [9.17, 15) is 0 Å². The SMILES string of the molecule is CNC1(C#N)CCCC(SCCO)C1. The van der Waals surface area contributed by atoms with Gasteiger partial charge in [-0.15, -0.1) is 0 Å². The Bertz CT molecular complexity index is 217. The second-order valence-corrected chi connectivity index (χ2v) is 5.16. The Morgan fingerprint density at radius 2 is 2.50 bits per heavy atom. The average Bonchev–Trinajstić information content (AvgIpc) is 2.26. The van der Waals surface area contributed by atoms with Crippen molar-refractivity contribution in [3.05, 3.63) is 0 Å². The molecule has 0 bridgehead atoms. The van der Waals surface area contributed by atoms with E-state index in [1.54, 1.807) is 11.8 Å². The number of hydrogen-bond donors (Lipinski definition) is 2. The molecule has 2 atom stereocenters. The van der Waals surface area contributed by atoms with Crippen LogP contribution in [0.5, 0.6) is 0 Å². The van der Waals surface area contributed by atoms with E-state index in [0.29, 0.717) is 5.25 Å². The smallest absolute Gasteiger partial charge is 0.107 e. The summed E-state index contributed by atoms with van der Waals surface area (Å²) in [6.07, 6.45) is 4.15. The van der Waals surface area contributed by atoms with Gasteiger partial charge in [0, 0.05) is 11.0 Å². The molecule has 0 amide bonds. The summed E-state index contributed by atoms with van der Waals surface area (Å²) < 4.78 is 0. The van der Waals surface area contributed by atoms with Gasteiger partial charge in [0.05, 0.1) is 12.7 Å². The van der Waals surface area contributed by atoms with E-state index in [2.05, 4.69) is 11.4 Å². The molecule has 0 spiro atoms. The van der Waals surface area contributed by atoms with Gasteiger partial charge < -0.3 is 10.4 Å². The topological polar surface area (TPSA) is 56.0 Å². The highest BCUT2D eigenvalue weighted by Gasteiger charge is 2.35. The molecule has 1 rings (SSSR count). The van der Waals surface area contributed by atoms with E-state index in [4.69, 9.17) is 10.4 Å². The van der Waals surface area contributed by atoms with Crippen LogP contribution in [-0.2, 0) is 0 Å². The quantitative estimate of drug-likeness (QED) is 0.737. The maximum absolute atomic E-state index is 9.11. The zero-order valence-electron chi connectivity index (χ0n) is 8.62. The standard InChI is InChI=1S/C10H18N2OS/c1-12-10(8-11)4-2-3-9(7-10)14-6-5-13/h9,12-13H,2-7H2,1H3. The van der Waals surface area contributed by atoms with Gasteiger partial charge in [-0.05, 0) is 32.7 Å². The fourth-order valence-corrected chi connectivity index (χ4v) is 3.14. The number of hydrogen-bond acceptors (Lipinski definition) is 4. The summed E-state index contributed by atoms with van der Waals surface area (Å²) in [6.45, 7) is 0.236. The van der Waals surface area contributed by atoms with Crippen LogP contribution in [0.1, 0.15) is 25.7 Å².